The van der Waals surface area contributed by atoms with Crippen LogP contribution in [0.3, 0.4) is 0 Å². The number of ether oxygens (including phenoxy) is 2. The lowest BCUT2D eigenvalue weighted by molar-refractivity contribution is -0.118. The first-order chi connectivity index (χ1) is 23.1. The molecule has 1 heterocycles. The second-order valence-electron chi connectivity index (χ2n) is 11.8. The summed E-state index contributed by atoms with van der Waals surface area (Å²) >= 11 is 5.95. The van der Waals surface area contributed by atoms with Gasteiger partial charge in [-0.1, -0.05) is 90.5 Å². The second kappa shape index (κ2) is 16.3. The number of sulfone groups is 1. The molecule has 1 aliphatic heterocycles. The Kier molecular flexibility index (Phi) is 11.9. The average molecular weight is 690 g/mol. The third-order valence-corrected chi connectivity index (χ3v) is 10.6. The number of nitrogens with one attached hydrogen (secondary N) is 3. The van der Waals surface area contributed by atoms with Gasteiger partial charge in [-0.15, -0.1) is 0 Å². The molecule has 9 nitrogen and oxygen atoms in total. The van der Waals surface area contributed by atoms with Crippen molar-refractivity contribution in [2.24, 2.45) is 0 Å². The fourth-order valence-corrected chi connectivity index (χ4v) is 7.61. The highest BCUT2D eigenvalue weighted by Gasteiger charge is 2.34. The molecule has 4 aromatic rings. The minimum atomic E-state index is -3.60. The van der Waals surface area contributed by atoms with E-state index in [1.165, 1.54) is 19.2 Å². The maximum atomic E-state index is 14.1. The van der Waals surface area contributed by atoms with E-state index in [9.17, 15) is 18.0 Å². The van der Waals surface area contributed by atoms with Gasteiger partial charge in [0.15, 0.2) is 9.84 Å². The van der Waals surface area contributed by atoms with Crippen molar-refractivity contribution >= 4 is 39.1 Å². The maximum absolute atomic E-state index is 14.1. The zero-order chi connectivity index (χ0) is 34.1. The van der Waals surface area contributed by atoms with Gasteiger partial charge in [0.05, 0.1) is 30.0 Å². The van der Waals surface area contributed by atoms with E-state index in [1.807, 2.05) is 91.9 Å². The number of hydrogen-bond acceptors (Lipinski definition) is 7. The Bertz CT molecular complexity index is 1730. The number of anilines is 1. The minimum absolute atomic E-state index is 0.156. The Morgan fingerprint density at radius 1 is 0.917 bits per heavy atom. The number of alkyl carbamates (subject to hydrolysis) is 1. The predicted molar refractivity (Wildman–Crippen MR) is 187 cm³/mol. The van der Waals surface area contributed by atoms with Crippen LogP contribution in [0, 0.1) is 0 Å². The van der Waals surface area contributed by atoms with E-state index < -0.39 is 39.9 Å². The average Bonchev–Trinajstić information content (AvgIpc) is 3.09. The van der Waals surface area contributed by atoms with Crippen LogP contribution in [0.4, 0.5) is 10.5 Å². The van der Waals surface area contributed by atoms with Gasteiger partial charge in [0.2, 0.25) is 5.91 Å². The van der Waals surface area contributed by atoms with Gasteiger partial charge in [0.1, 0.15) is 6.04 Å². The van der Waals surface area contributed by atoms with Gasteiger partial charge in [-0.25, -0.2) is 13.2 Å². The van der Waals surface area contributed by atoms with Crippen molar-refractivity contribution in [2.75, 3.05) is 24.7 Å². The number of benzene rings is 4. The van der Waals surface area contributed by atoms with E-state index in [0.717, 1.165) is 16.7 Å². The standard InChI is InChI=1S/C37H40ClN3O6S/c1-25-33(24-48(44,45)31-21-18-29(38)19-22-31)47-30(23-39-25)20-17-26-11-9-10-16-32(26)40-36(42)35(41-37(43)46-2)34(27-12-5-3-6-13-27)28-14-7-4-8-15-28/h3-16,18-19,21-22,25,30,33-35,39H,17,20,23-24H2,1-2H3,(H,40,42)(H,41,43)/t25-,30-,33-,35?/m1/s1. The number of aryl methyl sites for hydroxylation is 1. The molecule has 0 radical (unpaired) electrons. The number of morpholine rings is 1. The van der Waals surface area contributed by atoms with Crippen molar-refractivity contribution in [3.05, 3.63) is 131 Å². The predicted octanol–water partition coefficient (Wildman–Crippen LogP) is 5.99. The van der Waals surface area contributed by atoms with Crippen LogP contribution in [0.5, 0.6) is 0 Å². The molecule has 1 aliphatic rings. The van der Waals surface area contributed by atoms with Crippen LogP contribution in [0.15, 0.2) is 114 Å². The van der Waals surface area contributed by atoms with E-state index in [1.54, 1.807) is 12.1 Å². The number of hydrogen-bond donors (Lipinski definition) is 3. The first-order valence-electron chi connectivity index (χ1n) is 15.8. The highest BCUT2D eigenvalue weighted by atomic mass is 35.5. The van der Waals surface area contributed by atoms with Crippen molar-refractivity contribution in [3.8, 4) is 0 Å². The molecule has 4 atom stereocenters. The SMILES string of the molecule is COC(=O)NC(C(=O)Nc1ccccc1CC[C@@H]1CN[C@H](C)[C@@H](CS(=O)(=O)c2ccc(Cl)cc2)O1)C(c1ccccc1)c1ccccc1. The van der Waals surface area contributed by atoms with Gasteiger partial charge in [-0.05, 0) is 66.8 Å². The molecule has 5 rings (SSSR count). The van der Waals surface area contributed by atoms with Crippen LogP contribution >= 0.6 is 11.6 Å². The molecule has 11 heteroatoms. The number of methoxy groups -OCH3 is 1. The van der Waals surface area contributed by atoms with E-state index >= 15 is 0 Å². The summed E-state index contributed by atoms with van der Waals surface area (Å²) in [5, 5.41) is 9.70. The van der Waals surface area contributed by atoms with Gasteiger partial charge in [-0.2, -0.15) is 0 Å². The van der Waals surface area contributed by atoms with E-state index in [4.69, 9.17) is 21.1 Å². The fraction of sp³-hybridized carbons (Fsp3) is 0.297. The van der Waals surface area contributed by atoms with Gasteiger partial charge < -0.3 is 25.4 Å². The van der Waals surface area contributed by atoms with Gasteiger partial charge in [-0.3, -0.25) is 4.79 Å². The van der Waals surface area contributed by atoms with Crippen LogP contribution in [0.1, 0.15) is 36.0 Å². The van der Waals surface area contributed by atoms with Crippen LogP contribution in [-0.2, 0) is 30.5 Å². The Hall–Kier alpha value is -4.22. The van der Waals surface area contributed by atoms with Gasteiger partial charge >= 0.3 is 6.09 Å². The molecule has 2 amide bonds. The first kappa shape index (κ1) is 35.1. The van der Waals surface area contributed by atoms with E-state index in [2.05, 4.69) is 16.0 Å². The molecular weight excluding hydrogens is 650 g/mol. The summed E-state index contributed by atoms with van der Waals surface area (Å²) in [6.07, 6.45) is -0.361. The van der Waals surface area contributed by atoms with E-state index in [0.29, 0.717) is 30.1 Å². The quantitative estimate of drug-likeness (QED) is 0.167. The summed E-state index contributed by atoms with van der Waals surface area (Å²) in [6.45, 7) is 2.48. The summed E-state index contributed by atoms with van der Waals surface area (Å²) in [5.41, 5.74) is 3.21. The monoisotopic (exact) mass is 689 g/mol. The molecule has 0 spiro atoms. The van der Waals surface area contributed by atoms with E-state index in [-0.39, 0.29) is 22.8 Å². The van der Waals surface area contributed by atoms with Crippen LogP contribution in [0.2, 0.25) is 5.02 Å². The van der Waals surface area contributed by atoms with Gasteiger partial charge in [0, 0.05) is 29.2 Å². The highest BCUT2D eigenvalue weighted by Crippen LogP contribution is 2.30. The molecule has 1 fully saturated rings. The number of halogens is 1. The molecule has 48 heavy (non-hydrogen) atoms. The van der Waals surface area contributed by atoms with Crippen molar-refractivity contribution in [3.63, 3.8) is 0 Å². The van der Waals surface area contributed by atoms with Crippen molar-refractivity contribution < 1.29 is 27.5 Å². The molecule has 252 valence electrons. The molecule has 0 bridgehead atoms. The number of rotatable bonds is 12. The number of carbonyl (C=O) groups is 2. The largest absolute Gasteiger partial charge is 0.453 e. The molecule has 0 aliphatic carbocycles. The zero-order valence-electron chi connectivity index (χ0n) is 26.8. The Labute approximate surface area is 286 Å². The Morgan fingerprint density at radius 2 is 1.52 bits per heavy atom. The lowest BCUT2D eigenvalue weighted by atomic mass is 9.84. The fourth-order valence-electron chi connectivity index (χ4n) is 5.94. The molecule has 1 unspecified atom stereocenters. The topological polar surface area (TPSA) is 123 Å². The van der Waals surface area contributed by atoms with Crippen molar-refractivity contribution in [2.45, 2.75) is 54.9 Å². The maximum Gasteiger partial charge on any atom is 0.407 e. The lowest BCUT2D eigenvalue weighted by Crippen LogP contribution is -2.53. The normalized spacial score (nSPS) is 18.5. The summed E-state index contributed by atoms with van der Waals surface area (Å²) in [4.78, 5) is 26.8. The highest BCUT2D eigenvalue weighted by molar-refractivity contribution is 7.91. The lowest BCUT2D eigenvalue weighted by Gasteiger charge is -2.36. The third-order valence-electron chi connectivity index (χ3n) is 8.55. The smallest absolute Gasteiger partial charge is 0.407 e. The molecule has 3 N–H and O–H groups in total. The van der Waals surface area contributed by atoms with Crippen LogP contribution < -0.4 is 16.0 Å². The number of carbonyl (C=O) groups excluding carboxylic acids is 2. The summed E-state index contributed by atoms with van der Waals surface area (Å²) in [6, 6.07) is 31.6. The number of amides is 2. The summed E-state index contributed by atoms with van der Waals surface area (Å²) < 4.78 is 37.5. The van der Waals surface area contributed by atoms with Crippen molar-refractivity contribution in [1.29, 1.82) is 0 Å². The van der Waals surface area contributed by atoms with Crippen LogP contribution in [-0.4, -0.2) is 64.1 Å². The summed E-state index contributed by atoms with van der Waals surface area (Å²) in [5.74, 6) is -1.06. The minimum Gasteiger partial charge on any atom is -0.453 e. The second-order valence-corrected chi connectivity index (χ2v) is 14.3. The Balaban J connectivity index is 1.31. The Morgan fingerprint density at radius 3 is 2.15 bits per heavy atom. The zero-order valence-corrected chi connectivity index (χ0v) is 28.4. The van der Waals surface area contributed by atoms with Crippen molar-refractivity contribution in [1.82, 2.24) is 10.6 Å². The molecular formula is C37H40ClN3O6S. The van der Waals surface area contributed by atoms with Crippen LogP contribution in [0.25, 0.3) is 0 Å². The molecule has 0 aromatic heterocycles. The molecule has 1 saturated heterocycles. The third kappa shape index (κ3) is 9.02. The molecule has 4 aromatic carbocycles. The van der Waals surface area contributed by atoms with Gasteiger partial charge in [0.25, 0.3) is 0 Å². The first-order valence-corrected chi connectivity index (χ1v) is 17.9. The molecule has 0 saturated carbocycles. The summed E-state index contributed by atoms with van der Waals surface area (Å²) in [7, 11) is -2.33. The number of para-hydroxylation sites is 1.